The Labute approximate surface area is 134 Å². The summed E-state index contributed by atoms with van der Waals surface area (Å²) in [7, 11) is 1.51. The van der Waals surface area contributed by atoms with E-state index in [0.717, 1.165) is 0 Å². The van der Waals surface area contributed by atoms with Crippen LogP contribution in [0, 0.1) is 0 Å². The van der Waals surface area contributed by atoms with E-state index in [1.165, 1.54) is 21.5 Å². The van der Waals surface area contributed by atoms with Gasteiger partial charge in [-0.05, 0) is 31.6 Å². The predicted octanol–water partition coefficient (Wildman–Crippen LogP) is 3.44. The molecule has 1 nitrogen and oxygen atoms in total. The summed E-state index contributed by atoms with van der Waals surface area (Å²) in [6.45, 7) is 2.22. The Morgan fingerprint density at radius 2 is 1.41 bits per heavy atom. The minimum Gasteiger partial charge on any atom is -0.325 e. The molecule has 1 N–H and O–H groups in total. The predicted molar refractivity (Wildman–Crippen MR) is 98.2 cm³/mol. The Balaban J connectivity index is 2.13. The summed E-state index contributed by atoms with van der Waals surface area (Å²) in [6.07, 6.45) is 0. The van der Waals surface area contributed by atoms with E-state index in [9.17, 15) is 0 Å². The van der Waals surface area contributed by atoms with Gasteiger partial charge in [-0.25, -0.2) is 6.07 Å². The van der Waals surface area contributed by atoms with Crippen molar-refractivity contribution in [3.63, 3.8) is 0 Å². The fourth-order valence-electron chi connectivity index (χ4n) is 2.73. The van der Waals surface area contributed by atoms with Crippen molar-refractivity contribution in [3.8, 4) is 0 Å². The van der Waals surface area contributed by atoms with Gasteiger partial charge in [0, 0.05) is 0 Å². The SMILES string of the molecule is CN[C@@H](C)c1cc[cH-]c1P(c1ccccc1)c1ccccc1. The van der Waals surface area contributed by atoms with E-state index < -0.39 is 7.92 Å². The highest BCUT2D eigenvalue weighted by Gasteiger charge is 2.16. The molecule has 3 rings (SSSR count). The van der Waals surface area contributed by atoms with E-state index in [1.54, 1.807) is 0 Å². The molecule has 1 atom stereocenters. The first-order valence-electron chi connectivity index (χ1n) is 7.64. The summed E-state index contributed by atoms with van der Waals surface area (Å²) in [5.41, 5.74) is 1.40. The van der Waals surface area contributed by atoms with Crippen LogP contribution in [0.4, 0.5) is 0 Å². The molecule has 0 saturated carbocycles. The van der Waals surface area contributed by atoms with E-state index in [0.29, 0.717) is 6.04 Å². The largest absolute Gasteiger partial charge is 0.325 e. The molecule has 112 valence electrons. The van der Waals surface area contributed by atoms with E-state index >= 15 is 0 Å². The van der Waals surface area contributed by atoms with Crippen LogP contribution in [0.5, 0.6) is 0 Å². The Hall–Kier alpha value is -1.82. The second-order valence-electron chi connectivity index (χ2n) is 5.38. The summed E-state index contributed by atoms with van der Waals surface area (Å²) in [5.74, 6) is 0. The molecule has 0 spiro atoms. The van der Waals surface area contributed by atoms with Crippen LogP contribution in [0.25, 0.3) is 0 Å². The maximum atomic E-state index is 3.38. The number of benzene rings is 2. The van der Waals surface area contributed by atoms with Gasteiger partial charge in [-0.1, -0.05) is 67.6 Å². The summed E-state index contributed by atoms with van der Waals surface area (Å²) >= 11 is 0. The molecule has 0 aliphatic rings. The Kier molecular flexibility index (Phi) is 4.77. The van der Waals surface area contributed by atoms with Crippen molar-refractivity contribution in [1.82, 2.24) is 5.32 Å². The van der Waals surface area contributed by atoms with Crippen molar-refractivity contribution in [2.45, 2.75) is 13.0 Å². The van der Waals surface area contributed by atoms with Gasteiger partial charge in [-0.15, -0.1) is 5.30 Å². The molecular formula is C20H21NP-. The smallest absolute Gasteiger partial charge is 0.0170 e. The quantitative estimate of drug-likeness (QED) is 0.562. The zero-order chi connectivity index (χ0) is 15.4. The lowest BCUT2D eigenvalue weighted by atomic mass is 10.2. The second kappa shape index (κ2) is 6.96. The normalized spacial score (nSPS) is 12.5. The zero-order valence-electron chi connectivity index (χ0n) is 13.0. The van der Waals surface area contributed by atoms with Crippen LogP contribution in [0.3, 0.4) is 0 Å². The highest BCUT2D eigenvalue weighted by atomic mass is 31.1. The molecule has 3 aromatic rings. The maximum Gasteiger partial charge on any atom is -0.0170 e. The highest BCUT2D eigenvalue weighted by molar-refractivity contribution is 7.79. The highest BCUT2D eigenvalue weighted by Crippen LogP contribution is 2.35. The van der Waals surface area contributed by atoms with E-state index in [2.05, 4.69) is 91.1 Å². The Morgan fingerprint density at radius 1 is 0.864 bits per heavy atom. The number of hydrogen-bond acceptors (Lipinski definition) is 1. The standard InChI is InChI=1S/C20H21NP/c1-16(21-2)19-14-9-15-20(19)22(17-10-5-3-6-11-17)18-12-7-4-8-13-18/h3-16,21H,1-2H3/q-1/t16-/m0/s1. The third-order valence-corrected chi connectivity index (χ3v) is 6.51. The molecule has 0 heterocycles. The van der Waals surface area contributed by atoms with Gasteiger partial charge in [0.2, 0.25) is 0 Å². The van der Waals surface area contributed by atoms with E-state index in [1.807, 2.05) is 7.05 Å². The number of hydrogen-bond donors (Lipinski definition) is 1. The van der Waals surface area contributed by atoms with Crippen LogP contribution >= 0.6 is 7.92 Å². The monoisotopic (exact) mass is 306 g/mol. The average molecular weight is 306 g/mol. The molecule has 0 aliphatic heterocycles. The number of nitrogens with one attached hydrogen (secondary N) is 1. The molecular weight excluding hydrogens is 285 g/mol. The topological polar surface area (TPSA) is 12.0 Å². The van der Waals surface area contributed by atoms with Crippen LogP contribution < -0.4 is 21.2 Å². The summed E-state index contributed by atoms with van der Waals surface area (Å²) in [5, 5.41) is 7.63. The van der Waals surface area contributed by atoms with E-state index in [4.69, 9.17) is 0 Å². The zero-order valence-corrected chi connectivity index (χ0v) is 13.9. The van der Waals surface area contributed by atoms with Crippen molar-refractivity contribution in [3.05, 3.63) is 84.4 Å². The van der Waals surface area contributed by atoms with Gasteiger partial charge in [0.15, 0.2) is 0 Å². The van der Waals surface area contributed by atoms with Crippen LogP contribution in [0.15, 0.2) is 78.9 Å². The van der Waals surface area contributed by atoms with Gasteiger partial charge in [-0.2, -0.15) is 17.7 Å². The molecule has 0 aliphatic carbocycles. The van der Waals surface area contributed by atoms with Crippen molar-refractivity contribution in [2.24, 2.45) is 0 Å². The van der Waals surface area contributed by atoms with Crippen LogP contribution in [0.2, 0.25) is 0 Å². The van der Waals surface area contributed by atoms with Crippen molar-refractivity contribution in [1.29, 1.82) is 0 Å². The van der Waals surface area contributed by atoms with Crippen LogP contribution in [-0.4, -0.2) is 7.05 Å². The van der Waals surface area contributed by atoms with Crippen LogP contribution in [0.1, 0.15) is 18.5 Å². The molecule has 0 aromatic heterocycles. The van der Waals surface area contributed by atoms with Gasteiger partial charge in [-0.3, -0.25) is 0 Å². The lowest BCUT2D eigenvalue weighted by Gasteiger charge is -2.27. The van der Waals surface area contributed by atoms with Gasteiger partial charge >= 0.3 is 0 Å². The maximum absolute atomic E-state index is 3.38. The molecule has 2 heteroatoms. The van der Waals surface area contributed by atoms with E-state index in [-0.39, 0.29) is 0 Å². The Morgan fingerprint density at radius 3 is 1.91 bits per heavy atom. The first-order valence-corrected chi connectivity index (χ1v) is 8.98. The fraction of sp³-hybridized carbons (Fsp3) is 0.150. The van der Waals surface area contributed by atoms with Crippen molar-refractivity contribution >= 4 is 23.8 Å². The number of rotatable bonds is 5. The molecule has 0 saturated heterocycles. The van der Waals surface area contributed by atoms with Gasteiger partial charge in [0.1, 0.15) is 0 Å². The van der Waals surface area contributed by atoms with Gasteiger partial charge in [0.05, 0.1) is 0 Å². The minimum atomic E-state index is -0.508. The summed E-state index contributed by atoms with van der Waals surface area (Å²) < 4.78 is 0. The minimum absolute atomic E-state index is 0.363. The summed E-state index contributed by atoms with van der Waals surface area (Å²) in [6, 6.07) is 28.8. The van der Waals surface area contributed by atoms with Gasteiger partial charge < -0.3 is 5.32 Å². The molecule has 0 bridgehead atoms. The van der Waals surface area contributed by atoms with Crippen molar-refractivity contribution < 1.29 is 0 Å². The molecule has 22 heavy (non-hydrogen) atoms. The first kappa shape index (κ1) is 15.1. The molecule has 0 unspecified atom stereocenters. The second-order valence-corrected chi connectivity index (χ2v) is 7.57. The third kappa shape index (κ3) is 3.02. The lowest BCUT2D eigenvalue weighted by molar-refractivity contribution is 0.657. The molecule has 0 fully saturated rings. The third-order valence-electron chi connectivity index (χ3n) is 3.99. The average Bonchev–Trinajstić information content (AvgIpc) is 3.06. The Bertz CT molecular complexity index is 663. The fourth-order valence-corrected chi connectivity index (χ4v) is 5.29. The lowest BCUT2D eigenvalue weighted by Crippen LogP contribution is -2.25. The summed E-state index contributed by atoms with van der Waals surface area (Å²) in [4.78, 5) is 0. The van der Waals surface area contributed by atoms with Crippen LogP contribution in [-0.2, 0) is 0 Å². The molecule has 0 radical (unpaired) electrons. The van der Waals surface area contributed by atoms with Crippen molar-refractivity contribution in [2.75, 3.05) is 7.05 Å². The first-order chi connectivity index (χ1) is 10.8. The molecule has 3 aromatic carbocycles. The van der Waals surface area contributed by atoms with Gasteiger partial charge in [0.25, 0.3) is 0 Å². The molecule has 0 amide bonds.